The topological polar surface area (TPSA) is 50.2 Å². The Morgan fingerprint density at radius 2 is 1.97 bits per heavy atom. The average Bonchev–Trinajstić information content (AvgIpc) is 3.03. The third kappa shape index (κ3) is 5.57. The fourth-order valence-corrected chi connectivity index (χ4v) is 4.51. The minimum Gasteiger partial charge on any atom is -0.283 e. The SMILES string of the molecule is CCCCC(C)Cc1c(C)c(C(=O)NN2CCCCC2)nn1-c1ccc(Cl)cc1Cl. The Labute approximate surface area is 189 Å². The molecule has 0 aliphatic carbocycles. The van der Waals surface area contributed by atoms with Gasteiger partial charge in [-0.15, -0.1) is 0 Å². The zero-order chi connectivity index (χ0) is 21.7. The molecule has 1 aromatic heterocycles. The summed E-state index contributed by atoms with van der Waals surface area (Å²) in [5.74, 6) is 0.337. The third-order valence-electron chi connectivity index (χ3n) is 5.80. The fraction of sp³-hybridized carbons (Fsp3) is 0.565. The minimum absolute atomic E-state index is 0.152. The highest BCUT2D eigenvalue weighted by atomic mass is 35.5. The summed E-state index contributed by atoms with van der Waals surface area (Å²) in [6.45, 7) is 8.22. The van der Waals surface area contributed by atoms with Crippen molar-refractivity contribution < 1.29 is 4.79 Å². The Hall–Kier alpha value is -1.56. The van der Waals surface area contributed by atoms with Gasteiger partial charge in [0.05, 0.1) is 10.7 Å². The van der Waals surface area contributed by atoms with Crippen molar-refractivity contribution in [2.75, 3.05) is 13.1 Å². The number of nitrogens with one attached hydrogen (secondary N) is 1. The number of benzene rings is 1. The maximum atomic E-state index is 13.0. The summed E-state index contributed by atoms with van der Waals surface area (Å²) in [6, 6.07) is 5.38. The molecule has 164 valence electrons. The Morgan fingerprint density at radius 1 is 1.23 bits per heavy atom. The molecule has 1 amide bonds. The van der Waals surface area contributed by atoms with Crippen molar-refractivity contribution in [3.8, 4) is 5.69 Å². The van der Waals surface area contributed by atoms with E-state index in [1.165, 1.54) is 19.3 Å². The lowest BCUT2D eigenvalue weighted by atomic mass is 9.96. The first-order valence-electron chi connectivity index (χ1n) is 11.0. The summed E-state index contributed by atoms with van der Waals surface area (Å²) in [5, 5.41) is 7.82. The quantitative estimate of drug-likeness (QED) is 0.537. The van der Waals surface area contributed by atoms with Crippen molar-refractivity contribution in [1.29, 1.82) is 0 Å². The Morgan fingerprint density at radius 3 is 2.63 bits per heavy atom. The first-order valence-corrected chi connectivity index (χ1v) is 11.8. The summed E-state index contributed by atoms with van der Waals surface area (Å²) < 4.78 is 1.83. The normalized spacial score (nSPS) is 15.9. The van der Waals surface area contributed by atoms with Crippen molar-refractivity contribution in [2.24, 2.45) is 5.92 Å². The van der Waals surface area contributed by atoms with E-state index in [1.54, 1.807) is 12.1 Å². The third-order valence-corrected chi connectivity index (χ3v) is 6.34. The lowest BCUT2D eigenvalue weighted by Gasteiger charge is -2.26. The van der Waals surface area contributed by atoms with Crippen molar-refractivity contribution >= 4 is 29.1 Å². The Kier molecular flexibility index (Phi) is 8.20. The van der Waals surface area contributed by atoms with Crippen molar-refractivity contribution in [1.82, 2.24) is 20.2 Å². The summed E-state index contributed by atoms with van der Waals surface area (Å²) >= 11 is 12.6. The number of rotatable bonds is 8. The molecule has 1 aliphatic heterocycles. The molecule has 5 nitrogen and oxygen atoms in total. The largest absolute Gasteiger partial charge is 0.286 e. The molecule has 0 spiro atoms. The first-order chi connectivity index (χ1) is 14.4. The monoisotopic (exact) mass is 450 g/mol. The maximum absolute atomic E-state index is 13.0. The molecule has 7 heteroatoms. The van der Waals surface area contributed by atoms with Crippen LogP contribution in [0.4, 0.5) is 0 Å². The second-order valence-electron chi connectivity index (χ2n) is 8.37. The van der Waals surface area contributed by atoms with Crippen molar-refractivity contribution in [3.05, 3.63) is 45.2 Å². The molecule has 0 bridgehead atoms. The van der Waals surface area contributed by atoms with Gasteiger partial charge in [-0.1, -0.05) is 62.7 Å². The number of amides is 1. The van der Waals surface area contributed by atoms with Gasteiger partial charge in [0, 0.05) is 29.4 Å². The van der Waals surface area contributed by atoms with E-state index in [0.29, 0.717) is 21.7 Å². The van der Waals surface area contributed by atoms with Crippen LogP contribution in [0.3, 0.4) is 0 Å². The molecule has 1 fully saturated rings. The molecule has 1 saturated heterocycles. The lowest BCUT2D eigenvalue weighted by molar-refractivity contribution is 0.0743. The molecule has 2 aromatic rings. The summed E-state index contributed by atoms with van der Waals surface area (Å²) in [5.41, 5.74) is 6.20. The zero-order valence-electron chi connectivity index (χ0n) is 18.2. The molecule has 0 radical (unpaired) electrons. The van der Waals surface area contributed by atoms with Gasteiger partial charge in [0.1, 0.15) is 0 Å². The van der Waals surface area contributed by atoms with E-state index in [0.717, 1.165) is 55.7 Å². The van der Waals surface area contributed by atoms with Crippen LogP contribution in [-0.4, -0.2) is 33.8 Å². The lowest BCUT2D eigenvalue weighted by Crippen LogP contribution is -2.45. The van der Waals surface area contributed by atoms with Gasteiger partial charge in [-0.3, -0.25) is 10.2 Å². The molecular formula is C23H32Cl2N4O. The van der Waals surface area contributed by atoms with Crippen LogP contribution in [0, 0.1) is 12.8 Å². The molecular weight excluding hydrogens is 419 g/mol. The van der Waals surface area contributed by atoms with E-state index in [9.17, 15) is 4.79 Å². The van der Waals surface area contributed by atoms with E-state index in [4.69, 9.17) is 28.3 Å². The smallest absolute Gasteiger partial charge is 0.283 e. The highest BCUT2D eigenvalue weighted by molar-refractivity contribution is 6.35. The molecule has 1 N–H and O–H groups in total. The minimum atomic E-state index is -0.152. The highest BCUT2D eigenvalue weighted by Gasteiger charge is 2.24. The number of unbranched alkanes of at least 4 members (excludes halogenated alkanes) is 1. The first kappa shape index (κ1) is 23.1. The standard InChI is InChI=1S/C23H32Cl2N4O/c1-4-5-9-16(2)14-21-17(3)22(23(30)27-28-12-7-6-8-13-28)26-29(21)20-11-10-18(24)15-19(20)25/h10-11,15-16H,4-9,12-14H2,1-3H3,(H,27,30). The number of hydrogen-bond donors (Lipinski definition) is 1. The number of halogens is 2. The van der Waals surface area contributed by atoms with Gasteiger partial charge in [-0.05, 0) is 50.3 Å². The van der Waals surface area contributed by atoms with Crippen LogP contribution in [0.15, 0.2) is 18.2 Å². The second kappa shape index (κ2) is 10.7. The van der Waals surface area contributed by atoms with Crippen LogP contribution in [0.2, 0.25) is 10.0 Å². The van der Waals surface area contributed by atoms with E-state index < -0.39 is 0 Å². The molecule has 2 heterocycles. The average molecular weight is 451 g/mol. The molecule has 1 aliphatic rings. The number of aromatic nitrogens is 2. The molecule has 1 atom stereocenters. The molecule has 0 saturated carbocycles. The van der Waals surface area contributed by atoms with Gasteiger partial charge in [-0.2, -0.15) is 5.10 Å². The van der Waals surface area contributed by atoms with E-state index in [-0.39, 0.29) is 5.91 Å². The van der Waals surface area contributed by atoms with Gasteiger partial charge in [-0.25, -0.2) is 9.69 Å². The predicted octanol–water partition coefficient (Wildman–Crippen LogP) is 5.99. The van der Waals surface area contributed by atoms with Crippen LogP contribution in [0.25, 0.3) is 5.69 Å². The second-order valence-corrected chi connectivity index (χ2v) is 9.21. The van der Waals surface area contributed by atoms with Gasteiger partial charge in [0.2, 0.25) is 0 Å². The summed E-state index contributed by atoms with van der Waals surface area (Å²) in [7, 11) is 0. The van der Waals surface area contributed by atoms with Gasteiger partial charge in [0.15, 0.2) is 5.69 Å². The van der Waals surface area contributed by atoms with Gasteiger partial charge in [0.25, 0.3) is 5.91 Å². The van der Waals surface area contributed by atoms with Gasteiger partial charge < -0.3 is 0 Å². The van der Waals surface area contributed by atoms with E-state index >= 15 is 0 Å². The van der Waals surface area contributed by atoms with Crippen molar-refractivity contribution in [2.45, 2.75) is 65.7 Å². The predicted molar refractivity (Wildman–Crippen MR) is 124 cm³/mol. The van der Waals surface area contributed by atoms with Crippen LogP contribution in [-0.2, 0) is 6.42 Å². The number of piperidine rings is 1. The van der Waals surface area contributed by atoms with Crippen LogP contribution >= 0.6 is 23.2 Å². The van der Waals surface area contributed by atoms with Gasteiger partial charge >= 0.3 is 0 Å². The maximum Gasteiger partial charge on any atom is 0.286 e. The van der Waals surface area contributed by atoms with Crippen LogP contribution in [0.5, 0.6) is 0 Å². The Balaban J connectivity index is 1.94. The van der Waals surface area contributed by atoms with Crippen LogP contribution < -0.4 is 5.43 Å². The Bertz CT molecular complexity index is 874. The summed E-state index contributed by atoms with van der Waals surface area (Å²) in [6.07, 6.45) is 7.78. The molecule has 3 rings (SSSR count). The fourth-order valence-electron chi connectivity index (χ4n) is 4.03. The van der Waals surface area contributed by atoms with E-state index in [2.05, 4.69) is 19.3 Å². The molecule has 1 unspecified atom stereocenters. The number of carbonyl (C=O) groups is 1. The van der Waals surface area contributed by atoms with Crippen LogP contribution in [0.1, 0.15) is 74.1 Å². The number of nitrogens with zero attached hydrogens (tertiary/aromatic N) is 3. The highest BCUT2D eigenvalue weighted by Crippen LogP contribution is 2.29. The van der Waals surface area contributed by atoms with E-state index in [1.807, 2.05) is 22.7 Å². The molecule has 1 aromatic carbocycles. The summed E-state index contributed by atoms with van der Waals surface area (Å²) in [4.78, 5) is 13.0. The number of carbonyl (C=O) groups excluding carboxylic acids is 1. The number of hydrogen-bond acceptors (Lipinski definition) is 3. The van der Waals surface area contributed by atoms with Crippen molar-refractivity contribution in [3.63, 3.8) is 0 Å². The molecule has 30 heavy (non-hydrogen) atoms. The number of hydrazine groups is 1. The zero-order valence-corrected chi connectivity index (χ0v) is 19.7.